The van der Waals surface area contributed by atoms with E-state index in [9.17, 15) is 13.2 Å². The summed E-state index contributed by atoms with van der Waals surface area (Å²) in [4.78, 5) is 11.3. The molecule has 1 aromatic heterocycles. The summed E-state index contributed by atoms with van der Waals surface area (Å²) in [6.45, 7) is 0.562. The second-order valence-electron chi connectivity index (χ2n) is 3.77. The number of aromatic nitrogens is 1. The second kappa shape index (κ2) is 4.01. The molecule has 0 saturated carbocycles. The molecule has 6 nitrogen and oxygen atoms in total. The van der Waals surface area contributed by atoms with Gasteiger partial charge in [0, 0.05) is 12.2 Å². The van der Waals surface area contributed by atoms with Gasteiger partial charge in [0.2, 0.25) is 10.0 Å². The van der Waals surface area contributed by atoms with Gasteiger partial charge in [-0.1, -0.05) is 11.6 Å². The summed E-state index contributed by atoms with van der Waals surface area (Å²) in [7, 11) is -2.38. The molecule has 0 aromatic carbocycles. The highest BCUT2D eigenvalue weighted by molar-refractivity contribution is 7.89. The zero-order valence-corrected chi connectivity index (χ0v) is 10.7. The number of hydrogen-bond donors (Lipinski definition) is 2. The fourth-order valence-corrected chi connectivity index (χ4v) is 3.79. The Morgan fingerprint density at radius 3 is 2.71 bits per heavy atom. The molecule has 0 fully saturated rings. The van der Waals surface area contributed by atoms with Crippen molar-refractivity contribution < 1.29 is 13.2 Å². The Morgan fingerprint density at radius 1 is 1.53 bits per heavy atom. The van der Waals surface area contributed by atoms with Crippen molar-refractivity contribution >= 4 is 27.5 Å². The van der Waals surface area contributed by atoms with Gasteiger partial charge in [0.05, 0.1) is 5.02 Å². The van der Waals surface area contributed by atoms with Gasteiger partial charge in [0.1, 0.15) is 10.6 Å². The van der Waals surface area contributed by atoms with Crippen molar-refractivity contribution in [2.24, 2.45) is 5.73 Å². The minimum atomic E-state index is -3.68. The first kappa shape index (κ1) is 12.4. The predicted molar refractivity (Wildman–Crippen MR) is 62.5 cm³/mol. The van der Waals surface area contributed by atoms with E-state index in [0.717, 1.165) is 6.42 Å². The van der Waals surface area contributed by atoms with Gasteiger partial charge >= 0.3 is 0 Å². The van der Waals surface area contributed by atoms with Crippen LogP contribution >= 0.6 is 11.6 Å². The van der Waals surface area contributed by atoms with E-state index in [1.54, 1.807) is 4.57 Å². The van der Waals surface area contributed by atoms with Crippen LogP contribution in [0.1, 0.15) is 22.6 Å². The van der Waals surface area contributed by atoms with Crippen LogP contribution in [0.3, 0.4) is 0 Å². The van der Waals surface area contributed by atoms with Gasteiger partial charge in [-0.15, -0.1) is 0 Å². The van der Waals surface area contributed by atoms with Crippen molar-refractivity contribution in [3.63, 3.8) is 0 Å². The molecular formula is C9H12ClN3O3S. The number of primary amides is 1. The van der Waals surface area contributed by atoms with E-state index in [4.69, 9.17) is 17.3 Å². The first-order valence-corrected chi connectivity index (χ1v) is 6.90. The highest BCUT2D eigenvalue weighted by atomic mass is 35.5. The fourth-order valence-electron chi connectivity index (χ4n) is 2.13. The lowest BCUT2D eigenvalue weighted by Crippen LogP contribution is -2.20. The third-order valence-electron chi connectivity index (χ3n) is 2.83. The molecule has 1 aromatic rings. The molecule has 1 aliphatic rings. The Balaban J connectivity index is 2.79. The summed E-state index contributed by atoms with van der Waals surface area (Å²) < 4.78 is 27.5. The maximum Gasteiger partial charge on any atom is 0.266 e. The van der Waals surface area contributed by atoms with Crippen molar-refractivity contribution in [1.82, 2.24) is 9.29 Å². The summed E-state index contributed by atoms with van der Waals surface area (Å²) in [5.41, 5.74) is 5.86. The molecule has 0 bridgehead atoms. The van der Waals surface area contributed by atoms with Crippen LogP contribution < -0.4 is 10.5 Å². The monoisotopic (exact) mass is 277 g/mol. The zero-order chi connectivity index (χ0) is 12.8. The quantitative estimate of drug-likeness (QED) is 0.820. The maximum absolute atomic E-state index is 11.9. The van der Waals surface area contributed by atoms with Gasteiger partial charge in [0.15, 0.2) is 0 Å². The molecule has 0 radical (unpaired) electrons. The molecule has 0 saturated heterocycles. The molecule has 94 valence electrons. The third kappa shape index (κ3) is 1.74. The van der Waals surface area contributed by atoms with E-state index in [0.29, 0.717) is 18.7 Å². The number of nitrogens with two attached hydrogens (primary N) is 1. The largest absolute Gasteiger partial charge is 0.364 e. The smallest absolute Gasteiger partial charge is 0.266 e. The third-order valence-corrected chi connectivity index (χ3v) is 4.83. The van der Waals surface area contributed by atoms with Crippen LogP contribution in [0.5, 0.6) is 0 Å². The first-order chi connectivity index (χ1) is 7.90. The summed E-state index contributed by atoms with van der Waals surface area (Å²) in [6.07, 6.45) is 1.35. The average Bonchev–Trinajstić information content (AvgIpc) is 2.75. The van der Waals surface area contributed by atoms with Crippen LogP contribution in [-0.4, -0.2) is 25.9 Å². The Hall–Kier alpha value is -1.05. The van der Waals surface area contributed by atoms with Crippen molar-refractivity contribution in [3.8, 4) is 0 Å². The number of nitrogens with one attached hydrogen (secondary N) is 1. The molecule has 8 heteroatoms. The molecule has 0 spiro atoms. The average molecular weight is 278 g/mol. The van der Waals surface area contributed by atoms with E-state index in [1.807, 2.05) is 0 Å². The van der Waals surface area contributed by atoms with Crippen LogP contribution in [-0.2, 0) is 23.0 Å². The number of carbonyl (C=O) groups excluding carboxylic acids is 1. The standard InChI is InChI=1S/C9H12ClN3O3S/c1-12-17(15,16)8-5-3-2-4-13(5)7(6(8)10)9(11)14/h12H,2-4H2,1H3,(H2,11,14). The number of carbonyl (C=O) groups is 1. The first-order valence-electron chi connectivity index (χ1n) is 5.04. The van der Waals surface area contributed by atoms with Crippen LogP contribution in [0, 0.1) is 0 Å². The van der Waals surface area contributed by atoms with Gasteiger partial charge in [-0.05, 0) is 19.9 Å². The SMILES string of the molecule is CNS(=O)(=O)c1c(Cl)c(C(N)=O)n2c1CCC2. The molecule has 2 rings (SSSR count). The number of amides is 1. The predicted octanol–water partition coefficient (Wildman–Crippen LogP) is 0.0947. The Labute approximate surface area is 104 Å². The van der Waals surface area contributed by atoms with E-state index in [1.165, 1.54) is 7.05 Å². The topological polar surface area (TPSA) is 94.2 Å². The summed E-state index contributed by atoms with van der Waals surface area (Å²) >= 11 is 5.96. The summed E-state index contributed by atoms with van der Waals surface area (Å²) in [5.74, 6) is -0.712. The van der Waals surface area contributed by atoms with Crippen molar-refractivity contribution in [2.45, 2.75) is 24.3 Å². The molecule has 17 heavy (non-hydrogen) atoms. The van der Waals surface area contributed by atoms with Crippen LogP contribution in [0.25, 0.3) is 0 Å². The lowest BCUT2D eigenvalue weighted by Gasteiger charge is -2.02. The van der Waals surface area contributed by atoms with Gasteiger partial charge in [-0.3, -0.25) is 4.79 Å². The minimum absolute atomic E-state index is 0.0204. The normalized spacial score (nSPS) is 14.9. The van der Waals surface area contributed by atoms with E-state index < -0.39 is 15.9 Å². The number of hydrogen-bond acceptors (Lipinski definition) is 3. The summed E-state index contributed by atoms with van der Waals surface area (Å²) in [6, 6.07) is 0. The van der Waals surface area contributed by atoms with Gasteiger partial charge in [0.25, 0.3) is 5.91 Å². The molecule has 2 heterocycles. The number of rotatable bonds is 3. The van der Waals surface area contributed by atoms with Crippen LogP contribution in [0.15, 0.2) is 4.90 Å². The maximum atomic E-state index is 11.9. The van der Waals surface area contributed by atoms with Gasteiger partial charge in [-0.25, -0.2) is 13.1 Å². The molecule has 1 amide bonds. The molecule has 0 unspecified atom stereocenters. The van der Waals surface area contributed by atoms with Gasteiger partial charge in [-0.2, -0.15) is 0 Å². The molecule has 0 atom stereocenters. The lowest BCUT2D eigenvalue weighted by atomic mass is 10.3. The Kier molecular flexibility index (Phi) is 2.92. The van der Waals surface area contributed by atoms with Crippen molar-refractivity contribution in [1.29, 1.82) is 0 Å². The minimum Gasteiger partial charge on any atom is -0.364 e. The highest BCUT2D eigenvalue weighted by Crippen LogP contribution is 2.35. The molecular weight excluding hydrogens is 266 g/mol. The van der Waals surface area contributed by atoms with Crippen LogP contribution in [0.2, 0.25) is 5.02 Å². The van der Waals surface area contributed by atoms with E-state index in [-0.39, 0.29) is 15.6 Å². The number of nitrogens with zero attached hydrogens (tertiary/aromatic N) is 1. The number of halogens is 1. The van der Waals surface area contributed by atoms with E-state index >= 15 is 0 Å². The molecule has 3 N–H and O–H groups in total. The summed E-state index contributed by atoms with van der Waals surface area (Å²) in [5, 5.41) is -0.0819. The number of sulfonamides is 1. The Bertz CT molecular complexity index is 591. The van der Waals surface area contributed by atoms with Crippen LogP contribution in [0.4, 0.5) is 0 Å². The van der Waals surface area contributed by atoms with Crippen molar-refractivity contribution in [2.75, 3.05) is 7.05 Å². The van der Waals surface area contributed by atoms with Crippen molar-refractivity contribution in [3.05, 3.63) is 16.4 Å². The second-order valence-corrected chi connectivity index (χ2v) is 5.97. The fraction of sp³-hybridized carbons (Fsp3) is 0.444. The number of fused-ring (bicyclic) bond motifs is 1. The Morgan fingerprint density at radius 2 is 2.18 bits per heavy atom. The van der Waals surface area contributed by atoms with E-state index in [2.05, 4.69) is 4.72 Å². The zero-order valence-electron chi connectivity index (χ0n) is 9.16. The molecule has 0 aliphatic carbocycles. The van der Waals surface area contributed by atoms with Gasteiger partial charge < -0.3 is 10.3 Å². The lowest BCUT2D eigenvalue weighted by molar-refractivity contribution is 0.0992. The highest BCUT2D eigenvalue weighted by Gasteiger charge is 2.33. The molecule has 1 aliphatic heterocycles.